The molecule has 0 aliphatic carbocycles. The zero-order valence-electron chi connectivity index (χ0n) is 12.3. The van der Waals surface area contributed by atoms with E-state index in [1.54, 1.807) is 48.5 Å². The van der Waals surface area contributed by atoms with Crippen LogP contribution in [0.1, 0.15) is 0 Å². The maximum Gasteiger partial charge on any atom is 2.00 e. The molecule has 23 heavy (non-hydrogen) atoms. The van der Waals surface area contributed by atoms with Gasteiger partial charge in [-0.1, -0.05) is 36.4 Å². The minimum Gasteiger partial charge on any atom is -0.546 e. The number of benzene rings is 2. The van der Waals surface area contributed by atoms with Gasteiger partial charge in [-0.25, -0.2) is 0 Å². The van der Waals surface area contributed by atoms with E-state index in [-0.39, 0.29) is 23.1 Å². The summed E-state index contributed by atoms with van der Waals surface area (Å²) >= 11 is 0. The Kier molecular flexibility index (Phi) is 11.1. The van der Waals surface area contributed by atoms with Crippen LogP contribution in [-0.2, 0) is 9.59 Å². The van der Waals surface area contributed by atoms with Gasteiger partial charge in [-0.15, -0.1) is 0 Å². The SMILES string of the molecule is O=C([O-])COc1ccccc1.O=C([O-])COc1ccccc1.[Mg+2]. The van der Waals surface area contributed by atoms with Gasteiger partial charge in [0.1, 0.15) is 24.7 Å². The van der Waals surface area contributed by atoms with Crippen molar-refractivity contribution in [1.29, 1.82) is 0 Å². The second kappa shape index (κ2) is 12.3. The Morgan fingerprint density at radius 1 is 0.696 bits per heavy atom. The van der Waals surface area contributed by atoms with E-state index in [9.17, 15) is 19.8 Å². The van der Waals surface area contributed by atoms with Gasteiger partial charge in [-0.05, 0) is 24.3 Å². The quantitative estimate of drug-likeness (QED) is 0.648. The molecular formula is C16H14MgO6. The molecule has 0 saturated carbocycles. The van der Waals surface area contributed by atoms with Crippen molar-refractivity contribution in [2.45, 2.75) is 0 Å². The molecule has 0 aromatic heterocycles. The summed E-state index contributed by atoms with van der Waals surface area (Å²) in [5, 5.41) is 19.9. The summed E-state index contributed by atoms with van der Waals surface area (Å²) in [6.45, 7) is -0.798. The molecule has 0 fully saturated rings. The Morgan fingerprint density at radius 2 is 1.00 bits per heavy atom. The Labute approximate surface area is 149 Å². The zero-order valence-corrected chi connectivity index (χ0v) is 13.8. The molecule has 0 saturated heterocycles. The normalized spacial score (nSPS) is 8.70. The predicted octanol–water partition coefficient (Wildman–Crippen LogP) is -0.750. The minimum atomic E-state index is -1.21. The molecule has 0 radical (unpaired) electrons. The Bertz CT molecular complexity index is 520. The van der Waals surface area contributed by atoms with E-state index in [4.69, 9.17) is 9.47 Å². The van der Waals surface area contributed by atoms with Gasteiger partial charge in [0.2, 0.25) is 0 Å². The second-order valence-electron chi connectivity index (χ2n) is 3.95. The van der Waals surface area contributed by atoms with E-state index in [0.29, 0.717) is 11.5 Å². The second-order valence-corrected chi connectivity index (χ2v) is 3.95. The van der Waals surface area contributed by atoms with Crippen LogP contribution in [0.3, 0.4) is 0 Å². The third-order valence-electron chi connectivity index (χ3n) is 2.20. The number of carbonyl (C=O) groups is 2. The molecule has 2 aromatic rings. The van der Waals surface area contributed by atoms with Crippen LogP contribution < -0.4 is 19.7 Å². The van der Waals surface area contributed by atoms with E-state index >= 15 is 0 Å². The summed E-state index contributed by atoms with van der Waals surface area (Å²) < 4.78 is 9.61. The Morgan fingerprint density at radius 3 is 1.26 bits per heavy atom. The predicted molar refractivity (Wildman–Crippen MR) is 79.6 cm³/mol. The minimum absolute atomic E-state index is 0. The largest absolute Gasteiger partial charge is 2.00 e. The number of rotatable bonds is 6. The molecule has 0 amide bonds. The first-order valence-electron chi connectivity index (χ1n) is 6.33. The first-order chi connectivity index (χ1) is 10.6. The van der Waals surface area contributed by atoms with Gasteiger partial charge in [0.15, 0.2) is 0 Å². The van der Waals surface area contributed by atoms with E-state index in [1.807, 2.05) is 12.1 Å². The van der Waals surface area contributed by atoms with Crippen LogP contribution in [0.4, 0.5) is 0 Å². The van der Waals surface area contributed by atoms with Gasteiger partial charge in [-0.2, -0.15) is 0 Å². The molecule has 0 N–H and O–H groups in total. The van der Waals surface area contributed by atoms with Crippen molar-refractivity contribution in [2.24, 2.45) is 0 Å². The van der Waals surface area contributed by atoms with E-state index in [1.165, 1.54) is 0 Å². The third-order valence-corrected chi connectivity index (χ3v) is 2.20. The first kappa shape index (κ1) is 20.7. The summed E-state index contributed by atoms with van der Waals surface area (Å²) in [6.07, 6.45) is 0. The summed E-state index contributed by atoms with van der Waals surface area (Å²) in [5.41, 5.74) is 0. The van der Waals surface area contributed by atoms with Gasteiger partial charge in [0.05, 0.1) is 11.9 Å². The average Bonchev–Trinajstić information content (AvgIpc) is 2.53. The van der Waals surface area contributed by atoms with Crippen molar-refractivity contribution in [3.63, 3.8) is 0 Å². The molecule has 0 aliphatic rings. The number of para-hydroxylation sites is 2. The molecule has 0 spiro atoms. The van der Waals surface area contributed by atoms with Crippen molar-refractivity contribution in [2.75, 3.05) is 13.2 Å². The Hall–Kier alpha value is -2.25. The number of aliphatic carboxylic acids is 2. The summed E-state index contributed by atoms with van der Waals surface area (Å²) in [6, 6.07) is 17.5. The van der Waals surface area contributed by atoms with Crippen LogP contribution in [0.5, 0.6) is 11.5 Å². The molecule has 0 unspecified atom stereocenters. The Balaban J connectivity index is 0.000000403. The van der Waals surface area contributed by atoms with E-state index < -0.39 is 25.2 Å². The number of ether oxygens (including phenoxy) is 2. The van der Waals surface area contributed by atoms with Gasteiger partial charge in [0, 0.05) is 0 Å². The molecular weight excluding hydrogens is 312 g/mol. The molecule has 7 heteroatoms. The zero-order chi connectivity index (χ0) is 16.2. The average molecular weight is 327 g/mol. The van der Waals surface area contributed by atoms with Crippen LogP contribution in [0.15, 0.2) is 60.7 Å². The number of carboxylic acids is 2. The molecule has 116 valence electrons. The molecule has 0 aliphatic heterocycles. The number of hydrogen-bond acceptors (Lipinski definition) is 6. The molecule has 0 bridgehead atoms. The fraction of sp³-hybridized carbons (Fsp3) is 0.125. The number of hydrogen-bond donors (Lipinski definition) is 0. The van der Waals surface area contributed by atoms with Crippen LogP contribution >= 0.6 is 0 Å². The first-order valence-corrected chi connectivity index (χ1v) is 6.33. The van der Waals surface area contributed by atoms with Crippen LogP contribution in [0.2, 0.25) is 0 Å². The van der Waals surface area contributed by atoms with Gasteiger partial charge < -0.3 is 29.3 Å². The van der Waals surface area contributed by atoms with Crippen LogP contribution in [-0.4, -0.2) is 48.2 Å². The van der Waals surface area contributed by atoms with Crippen molar-refractivity contribution in [3.8, 4) is 11.5 Å². The smallest absolute Gasteiger partial charge is 0.546 e. The van der Waals surface area contributed by atoms with Gasteiger partial charge in [0.25, 0.3) is 0 Å². The van der Waals surface area contributed by atoms with Gasteiger partial charge in [-0.3, -0.25) is 0 Å². The third kappa shape index (κ3) is 11.0. The van der Waals surface area contributed by atoms with Gasteiger partial charge >= 0.3 is 23.1 Å². The number of carboxylic acid groups (broad SMARTS) is 2. The van der Waals surface area contributed by atoms with E-state index in [0.717, 1.165) is 0 Å². The molecule has 0 heterocycles. The summed E-state index contributed by atoms with van der Waals surface area (Å²) in [4.78, 5) is 19.9. The molecule has 0 atom stereocenters. The maximum atomic E-state index is 9.94. The standard InChI is InChI=1S/2C8H8O3.Mg/c2*9-8(10)6-11-7-4-2-1-3-5-7;/h2*1-5H,6H2,(H,9,10);/q;;+2/p-2. The molecule has 2 rings (SSSR count). The summed E-state index contributed by atoms with van der Waals surface area (Å²) in [7, 11) is 0. The molecule has 6 nitrogen and oxygen atoms in total. The summed E-state index contributed by atoms with van der Waals surface area (Å²) in [5.74, 6) is -1.35. The van der Waals surface area contributed by atoms with Crippen molar-refractivity contribution < 1.29 is 29.3 Å². The topological polar surface area (TPSA) is 98.7 Å². The van der Waals surface area contributed by atoms with Crippen molar-refractivity contribution in [3.05, 3.63) is 60.7 Å². The number of carbonyl (C=O) groups excluding carboxylic acids is 2. The van der Waals surface area contributed by atoms with Crippen LogP contribution in [0, 0.1) is 0 Å². The fourth-order valence-electron chi connectivity index (χ4n) is 1.32. The monoisotopic (exact) mass is 326 g/mol. The van der Waals surface area contributed by atoms with Crippen molar-refractivity contribution >= 4 is 35.0 Å². The molecule has 2 aromatic carbocycles. The van der Waals surface area contributed by atoms with Crippen molar-refractivity contribution in [1.82, 2.24) is 0 Å². The van der Waals surface area contributed by atoms with Crippen LogP contribution in [0.25, 0.3) is 0 Å². The maximum absolute atomic E-state index is 9.94. The van der Waals surface area contributed by atoms with E-state index in [2.05, 4.69) is 0 Å². The fourth-order valence-corrected chi connectivity index (χ4v) is 1.32.